The molecule has 1 aromatic rings. The standard InChI is InChI=1S/C20H26N2O3/c23-17(13-21-10-7-15-5-1-2-6-16(15)12-21)14-22-18(24)11-20(19(22)25)8-3-4-9-20/h1-2,5-6,17,23H,3-4,7-14H2. The highest BCUT2D eigenvalue weighted by atomic mass is 16.3. The van der Waals surface area contributed by atoms with Crippen molar-refractivity contribution in [3.05, 3.63) is 35.4 Å². The van der Waals surface area contributed by atoms with Gasteiger partial charge in [0.15, 0.2) is 0 Å². The van der Waals surface area contributed by atoms with Crippen molar-refractivity contribution in [2.75, 3.05) is 19.6 Å². The first-order valence-corrected chi connectivity index (χ1v) is 9.39. The van der Waals surface area contributed by atoms with E-state index in [1.807, 2.05) is 6.07 Å². The minimum atomic E-state index is -0.685. The molecule has 0 bridgehead atoms. The van der Waals surface area contributed by atoms with Gasteiger partial charge in [0.05, 0.1) is 18.1 Å². The van der Waals surface area contributed by atoms with Crippen LogP contribution in [0.4, 0.5) is 0 Å². The molecule has 2 amide bonds. The molecule has 1 atom stereocenters. The summed E-state index contributed by atoms with van der Waals surface area (Å²) < 4.78 is 0. The summed E-state index contributed by atoms with van der Waals surface area (Å²) in [6, 6.07) is 8.39. The number of rotatable bonds is 4. The molecule has 5 heteroatoms. The van der Waals surface area contributed by atoms with Crippen molar-refractivity contribution in [1.82, 2.24) is 9.80 Å². The fraction of sp³-hybridized carbons (Fsp3) is 0.600. The maximum Gasteiger partial charge on any atom is 0.235 e. The molecule has 3 aliphatic rings. The SMILES string of the molecule is O=C1CC2(CCCC2)C(=O)N1CC(O)CN1CCc2ccccc2C1. The molecule has 0 radical (unpaired) electrons. The lowest BCUT2D eigenvalue weighted by molar-refractivity contribution is -0.143. The number of fused-ring (bicyclic) bond motifs is 1. The minimum absolute atomic E-state index is 0.0435. The molecule has 1 N–H and O–H groups in total. The maximum atomic E-state index is 12.7. The van der Waals surface area contributed by atoms with Crippen LogP contribution in [-0.4, -0.2) is 52.5 Å². The van der Waals surface area contributed by atoms with E-state index in [1.54, 1.807) is 0 Å². The Balaban J connectivity index is 1.36. The smallest absolute Gasteiger partial charge is 0.235 e. The number of carbonyl (C=O) groups excluding carboxylic acids is 2. The first-order chi connectivity index (χ1) is 12.1. The zero-order valence-corrected chi connectivity index (χ0v) is 14.6. The number of nitrogens with zero attached hydrogens (tertiary/aromatic N) is 2. The van der Waals surface area contributed by atoms with E-state index < -0.39 is 11.5 Å². The van der Waals surface area contributed by atoms with E-state index in [1.165, 1.54) is 16.0 Å². The van der Waals surface area contributed by atoms with E-state index in [4.69, 9.17) is 0 Å². The van der Waals surface area contributed by atoms with Crippen LogP contribution < -0.4 is 0 Å². The maximum absolute atomic E-state index is 12.7. The second-order valence-electron chi connectivity index (χ2n) is 7.88. The molecule has 1 spiro atoms. The molecule has 2 heterocycles. The van der Waals surface area contributed by atoms with Crippen LogP contribution in [0.25, 0.3) is 0 Å². The third-order valence-electron chi connectivity index (χ3n) is 6.12. The lowest BCUT2D eigenvalue weighted by atomic mass is 9.84. The Morgan fingerprint density at radius 2 is 1.80 bits per heavy atom. The number of likely N-dealkylation sites (tertiary alicyclic amines) is 1. The summed E-state index contributed by atoms with van der Waals surface area (Å²) in [7, 11) is 0. The fourth-order valence-electron chi connectivity index (χ4n) is 4.76. The Kier molecular flexibility index (Phi) is 4.38. The Hall–Kier alpha value is -1.72. The first-order valence-electron chi connectivity index (χ1n) is 9.39. The van der Waals surface area contributed by atoms with Crippen molar-refractivity contribution in [2.45, 2.75) is 51.2 Å². The molecule has 5 nitrogen and oxygen atoms in total. The molecule has 1 saturated carbocycles. The molecule has 2 fully saturated rings. The molecular formula is C20H26N2O3. The van der Waals surface area contributed by atoms with E-state index in [0.29, 0.717) is 13.0 Å². The Morgan fingerprint density at radius 3 is 2.56 bits per heavy atom. The van der Waals surface area contributed by atoms with Crippen molar-refractivity contribution >= 4 is 11.8 Å². The van der Waals surface area contributed by atoms with Crippen LogP contribution in [0, 0.1) is 5.41 Å². The predicted molar refractivity (Wildman–Crippen MR) is 93.7 cm³/mol. The van der Waals surface area contributed by atoms with Gasteiger partial charge in [-0.25, -0.2) is 0 Å². The van der Waals surface area contributed by atoms with Gasteiger partial charge in [-0.3, -0.25) is 19.4 Å². The van der Waals surface area contributed by atoms with Gasteiger partial charge >= 0.3 is 0 Å². The van der Waals surface area contributed by atoms with Crippen LogP contribution in [-0.2, 0) is 22.6 Å². The van der Waals surface area contributed by atoms with Gasteiger partial charge < -0.3 is 5.11 Å². The number of amides is 2. The van der Waals surface area contributed by atoms with Crippen LogP contribution >= 0.6 is 0 Å². The number of benzene rings is 1. The highest BCUT2D eigenvalue weighted by Gasteiger charge is 2.52. The van der Waals surface area contributed by atoms with Gasteiger partial charge in [-0.15, -0.1) is 0 Å². The summed E-state index contributed by atoms with van der Waals surface area (Å²) in [6.07, 6.45) is 4.35. The summed E-state index contributed by atoms with van der Waals surface area (Å²) in [5, 5.41) is 10.5. The second-order valence-corrected chi connectivity index (χ2v) is 7.88. The molecule has 1 aromatic carbocycles. The average molecular weight is 342 g/mol. The van der Waals surface area contributed by atoms with Gasteiger partial charge in [0.1, 0.15) is 0 Å². The van der Waals surface area contributed by atoms with Gasteiger partial charge in [-0.2, -0.15) is 0 Å². The van der Waals surface area contributed by atoms with Gasteiger partial charge in [0.2, 0.25) is 11.8 Å². The summed E-state index contributed by atoms with van der Waals surface area (Å²) >= 11 is 0. The molecule has 1 unspecified atom stereocenters. The van der Waals surface area contributed by atoms with Crippen molar-refractivity contribution in [3.63, 3.8) is 0 Å². The first kappa shape index (κ1) is 16.7. The second kappa shape index (κ2) is 6.54. The van der Waals surface area contributed by atoms with E-state index >= 15 is 0 Å². The van der Waals surface area contributed by atoms with E-state index in [-0.39, 0.29) is 18.4 Å². The Bertz CT molecular complexity index is 681. The minimum Gasteiger partial charge on any atom is -0.390 e. The number of hydrogen-bond donors (Lipinski definition) is 1. The largest absolute Gasteiger partial charge is 0.390 e. The van der Waals surface area contributed by atoms with Crippen LogP contribution in [0.1, 0.15) is 43.2 Å². The van der Waals surface area contributed by atoms with Crippen LogP contribution in [0.5, 0.6) is 0 Å². The average Bonchev–Trinajstić information content (AvgIpc) is 3.16. The summed E-state index contributed by atoms with van der Waals surface area (Å²) in [5.41, 5.74) is 2.24. The van der Waals surface area contributed by atoms with Crippen LogP contribution in [0.15, 0.2) is 24.3 Å². The molecule has 1 saturated heterocycles. The highest BCUT2D eigenvalue weighted by molar-refractivity contribution is 6.06. The molecule has 25 heavy (non-hydrogen) atoms. The number of carbonyl (C=O) groups is 2. The summed E-state index contributed by atoms with van der Waals surface area (Å²) in [6.45, 7) is 2.36. The molecular weight excluding hydrogens is 316 g/mol. The van der Waals surface area contributed by atoms with Gasteiger partial charge in [-0.05, 0) is 30.4 Å². The summed E-state index contributed by atoms with van der Waals surface area (Å²) in [4.78, 5) is 28.6. The Morgan fingerprint density at radius 1 is 1.08 bits per heavy atom. The quantitative estimate of drug-likeness (QED) is 0.847. The van der Waals surface area contributed by atoms with E-state index in [0.717, 1.165) is 45.2 Å². The van der Waals surface area contributed by atoms with Crippen molar-refractivity contribution in [3.8, 4) is 0 Å². The van der Waals surface area contributed by atoms with E-state index in [2.05, 4.69) is 23.1 Å². The van der Waals surface area contributed by atoms with Gasteiger partial charge in [0.25, 0.3) is 0 Å². The molecule has 0 aromatic heterocycles. The lowest BCUT2D eigenvalue weighted by Crippen LogP contribution is -2.44. The number of imide groups is 1. The molecule has 1 aliphatic carbocycles. The zero-order valence-electron chi connectivity index (χ0n) is 14.6. The third-order valence-corrected chi connectivity index (χ3v) is 6.12. The number of β-amino-alcohol motifs (C(OH)–C–C–N with tert-alkyl or cyclic N) is 1. The highest BCUT2D eigenvalue weighted by Crippen LogP contribution is 2.46. The summed E-state index contributed by atoms with van der Waals surface area (Å²) in [5.74, 6) is -0.145. The number of aliphatic hydroxyl groups is 1. The topological polar surface area (TPSA) is 60.9 Å². The normalized spacial score (nSPS) is 24.1. The number of aliphatic hydroxyl groups excluding tert-OH is 1. The van der Waals surface area contributed by atoms with Crippen LogP contribution in [0.3, 0.4) is 0 Å². The van der Waals surface area contributed by atoms with Crippen molar-refractivity contribution in [2.24, 2.45) is 5.41 Å². The predicted octanol–water partition coefficient (Wildman–Crippen LogP) is 1.72. The monoisotopic (exact) mass is 342 g/mol. The van der Waals surface area contributed by atoms with E-state index in [9.17, 15) is 14.7 Å². The number of hydrogen-bond acceptors (Lipinski definition) is 4. The van der Waals surface area contributed by atoms with Gasteiger partial charge in [-0.1, -0.05) is 37.1 Å². The van der Waals surface area contributed by atoms with Crippen molar-refractivity contribution in [1.29, 1.82) is 0 Å². The molecule has 134 valence electrons. The lowest BCUT2D eigenvalue weighted by Gasteiger charge is -2.31. The van der Waals surface area contributed by atoms with Gasteiger partial charge in [0, 0.05) is 26.1 Å². The van der Waals surface area contributed by atoms with Crippen molar-refractivity contribution < 1.29 is 14.7 Å². The zero-order chi connectivity index (χ0) is 17.4. The molecule has 4 rings (SSSR count). The third kappa shape index (κ3) is 3.11. The van der Waals surface area contributed by atoms with Crippen LogP contribution in [0.2, 0.25) is 0 Å². The fourth-order valence-corrected chi connectivity index (χ4v) is 4.76. The molecule has 2 aliphatic heterocycles. The Labute approximate surface area is 148 Å².